The van der Waals surface area contributed by atoms with E-state index in [2.05, 4.69) is 10.6 Å². The average molecular weight is 300 g/mol. The summed E-state index contributed by atoms with van der Waals surface area (Å²) in [6.45, 7) is 1.91. The second-order valence-corrected chi connectivity index (χ2v) is 5.36. The van der Waals surface area contributed by atoms with E-state index in [0.29, 0.717) is 11.5 Å². The Morgan fingerprint density at radius 2 is 0.909 bits per heavy atom. The molecule has 0 amide bonds. The molecule has 4 nitrogen and oxygen atoms in total. The summed E-state index contributed by atoms with van der Waals surface area (Å²) in [6, 6.07) is 14.3. The van der Waals surface area contributed by atoms with Gasteiger partial charge in [-0.15, -0.1) is 0 Å². The highest BCUT2D eigenvalue weighted by atomic mass is 16.3. The number of phenols is 2. The van der Waals surface area contributed by atoms with Crippen LogP contribution in [0.4, 0.5) is 11.4 Å². The molecule has 2 aromatic carbocycles. The van der Waals surface area contributed by atoms with Gasteiger partial charge < -0.3 is 20.8 Å². The van der Waals surface area contributed by atoms with Crippen LogP contribution in [0, 0.1) is 0 Å². The minimum Gasteiger partial charge on any atom is -0.508 e. The molecule has 118 valence electrons. The third-order valence-electron chi connectivity index (χ3n) is 3.50. The van der Waals surface area contributed by atoms with Gasteiger partial charge in [0, 0.05) is 24.5 Å². The van der Waals surface area contributed by atoms with Gasteiger partial charge in [0.25, 0.3) is 0 Å². The minimum absolute atomic E-state index is 0.298. The van der Waals surface area contributed by atoms with Crippen LogP contribution < -0.4 is 10.6 Å². The van der Waals surface area contributed by atoms with Crippen LogP contribution >= 0.6 is 0 Å². The van der Waals surface area contributed by atoms with Gasteiger partial charge in [0.05, 0.1) is 0 Å². The van der Waals surface area contributed by atoms with Crippen molar-refractivity contribution in [2.75, 3.05) is 23.7 Å². The number of nitrogens with one attached hydrogen (secondary N) is 2. The molecule has 0 spiro atoms. The summed E-state index contributed by atoms with van der Waals surface area (Å²) in [4.78, 5) is 0. The molecule has 0 fully saturated rings. The van der Waals surface area contributed by atoms with Crippen molar-refractivity contribution in [1.82, 2.24) is 0 Å². The van der Waals surface area contributed by atoms with Crippen LogP contribution in [0.1, 0.15) is 25.7 Å². The second-order valence-electron chi connectivity index (χ2n) is 5.36. The normalized spacial score (nSPS) is 10.4. The third kappa shape index (κ3) is 5.95. The van der Waals surface area contributed by atoms with Crippen LogP contribution in [-0.2, 0) is 0 Å². The topological polar surface area (TPSA) is 64.5 Å². The van der Waals surface area contributed by atoms with Gasteiger partial charge in [0.2, 0.25) is 0 Å². The van der Waals surface area contributed by atoms with Gasteiger partial charge in [-0.05, 0) is 61.4 Å². The molecule has 0 saturated heterocycles. The third-order valence-corrected chi connectivity index (χ3v) is 3.50. The van der Waals surface area contributed by atoms with Crippen LogP contribution in [0.3, 0.4) is 0 Å². The van der Waals surface area contributed by atoms with Crippen molar-refractivity contribution in [2.45, 2.75) is 25.7 Å². The zero-order valence-corrected chi connectivity index (χ0v) is 12.8. The molecular formula is C18H24N2O2. The van der Waals surface area contributed by atoms with Gasteiger partial charge in [0.1, 0.15) is 11.5 Å². The lowest BCUT2D eigenvalue weighted by molar-refractivity contribution is 0.475. The van der Waals surface area contributed by atoms with Crippen LogP contribution in [0.25, 0.3) is 0 Å². The summed E-state index contributed by atoms with van der Waals surface area (Å²) < 4.78 is 0. The predicted octanol–water partition coefficient (Wildman–Crippen LogP) is 4.18. The average Bonchev–Trinajstić information content (AvgIpc) is 2.53. The van der Waals surface area contributed by atoms with E-state index in [0.717, 1.165) is 37.3 Å². The van der Waals surface area contributed by atoms with Gasteiger partial charge in [0.15, 0.2) is 0 Å². The van der Waals surface area contributed by atoms with Crippen LogP contribution in [0.5, 0.6) is 11.5 Å². The van der Waals surface area contributed by atoms with Crippen molar-refractivity contribution in [3.05, 3.63) is 48.5 Å². The van der Waals surface area contributed by atoms with E-state index in [1.807, 2.05) is 24.3 Å². The van der Waals surface area contributed by atoms with Crippen LogP contribution in [0.15, 0.2) is 48.5 Å². The van der Waals surface area contributed by atoms with Gasteiger partial charge >= 0.3 is 0 Å². The summed E-state index contributed by atoms with van der Waals surface area (Å²) in [6.07, 6.45) is 4.67. The molecule has 2 rings (SSSR count). The summed E-state index contributed by atoms with van der Waals surface area (Å²) in [5.74, 6) is 0.596. The molecule has 0 aliphatic rings. The van der Waals surface area contributed by atoms with Crippen LogP contribution in [0.2, 0.25) is 0 Å². The molecule has 4 heteroatoms. The Labute approximate surface area is 131 Å². The van der Waals surface area contributed by atoms with Crippen molar-refractivity contribution in [3.8, 4) is 11.5 Å². The van der Waals surface area contributed by atoms with E-state index in [1.165, 1.54) is 12.8 Å². The first-order valence-electron chi connectivity index (χ1n) is 7.80. The maximum Gasteiger partial charge on any atom is 0.115 e. The number of phenolic OH excluding ortho intramolecular Hbond substituents is 2. The Kier molecular flexibility index (Phi) is 6.42. The molecule has 0 radical (unpaired) electrons. The second kappa shape index (κ2) is 8.82. The fourth-order valence-corrected chi connectivity index (χ4v) is 2.23. The van der Waals surface area contributed by atoms with E-state index in [4.69, 9.17) is 0 Å². The molecule has 0 bridgehead atoms. The molecule has 0 aliphatic heterocycles. The molecule has 22 heavy (non-hydrogen) atoms. The maximum atomic E-state index is 9.20. The Bertz CT molecular complexity index is 487. The number of hydrogen-bond donors (Lipinski definition) is 4. The SMILES string of the molecule is Oc1ccc(NCCCCCCNc2ccc(O)cc2)cc1. The Morgan fingerprint density at radius 3 is 1.27 bits per heavy atom. The van der Waals surface area contributed by atoms with Gasteiger partial charge in [-0.1, -0.05) is 12.8 Å². The van der Waals surface area contributed by atoms with Crippen molar-refractivity contribution in [3.63, 3.8) is 0 Å². The number of hydrogen-bond acceptors (Lipinski definition) is 4. The summed E-state index contributed by atoms with van der Waals surface area (Å²) >= 11 is 0. The van der Waals surface area contributed by atoms with Crippen molar-refractivity contribution >= 4 is 11.4 Å². The van der Waals surface area contributed by atoms with E-state index in [9.17, 15) is 10.2 Å². The molecular weight excluding hydrogens is 276 g/mol. The molecule has 0 heterocycles. The predicted molar refractivity (Wildman–Crippen MR) is 91.7 cm³/mol. The lowest BCUT2D eigenvalue weighted by Crippen LogP contribution is -2.03. The van der Waals surface area contributed by atoms with Crippen molar-refractivity contribution in [2.24, 2.45) is 0 Å². The first-order chi connectivity index (χ1) is 10.7. The lowest BCUT2D eigenvalue weighted by Gasteiger charge is -2.08. The Balaban J connectivity index is 1.47. The van der Waals surface area contributed by atoms with E-state index >= 15 is 0 Å². The first kappa shape index (κ1) is 16.0. The fraction of sp³-hybridized carbons (Fsp3) is 0.333. The highest BCUT2D eigenvalue weighted by Crippen LogP contribution is 2.15. The largest absolute Gasteiger partial charge is 0.508 e. The minimum atomic E-state index is 0.298. The first-order valence-corrected chi connectivity index (χ1v) is 7.80. The molecule has 0 unspecified atom stereocenters. The smallest absolute Gasteiger partial charge is 0.115 e. The molecule has 0 atom stereocenters. The number of anilines is 2. The Morgan fingerprint density at radius 1 is 0.545 bits per heavy atom. The van der Waals surface area contributed by atoms with E-state index in [1.54, 1.807) is 24.3 Å². The van der Waals surface area contributed by atoms with Gasteiger partial charge in [-0.2, -0.15) is 0 Å². The fourth-order valence-electron chi connectivity index (χ4n) is 2.23. The number of benzene rings is 2. The summed E-state index contributed by atoms with van der Waals surface area (Å²) in [7, 11) is 0. The molecule has 2 aromatic rings. The maximum absolute atomic E-state index is 9.20. The standard InChI is InChI=1S/C18H24N2O2/c21-17-9-5-15(6-10-17)19-13-3-1-2-4-14-20-16-7-11-18(22)12-8-16/h5-12,19-22H,1-4,13-14H2. The number of aromatic hydroxyl groups is 2. The highest BCUT2D eigenvalue weighted by Gasteiger charge is 1.95. The highest BCUT2D eigenvalue weighted by molar-refractivity contribution is 5.46. The number of rotatable bonds is 9. The monoisotopic (exact) mass is 300 g/mol. The van der Waals surface area contributed by atoms with Gasteiger partial charge in [-0.25, -0.2) is 0 Å². The summed E-state index contributed by atoms with van der Waals surface area (Å²) in [5.41, 5.74) is 2.10. The van der Waals surface area contributed by atoms with E-state index in [-0.39, 0.29) is 0 Å². The van der Waals surface area contributed by atoms with E-state index < -0.39 is 0 Å². The zero-order chi connectivity index (χ0) is 15.6. The van der Waals surface area contributed by atoms with Gasteiger partial charge in [-0.3, -0.25) is 0 Å². The molecule has 0 saturated carbocycles. The Hall–Kier alpha value is -2.36. The van der Waals surface area contributed by atoms with Crippen molar-refractivity contribution in [1.29, 1.82) is 0 Å². The van der Waals surface area contributed by atoms with Crippen LogP contribution in [-0.4, -0.2) is 23.3 Å². The molecule has 0 aromatic heterocycles. The van der Waals surface area contributed by atoms with Crippen molar-refractivity contribution < 1.29 is 10.2 Å². The number of unbranched alkanes of at least 4 members (excludes halogenated alkanes) is 3. The quantitative estimate of drug-likeness (QED) is 0.414. The zero-order valence-electron chi connectivity index (χ0n) is 12.8. The molecule has 4 N–H and O–H groups in total. The molecule has 0 aliphatic carbocycles. The lowest BCUT2D eigenvalue weighted by atomic mass is 10.2. The summed E-state index contributed by atoms with van der Waals surface area (Å²) in [5, 5.41) is 25.1.